The molecule has 0 fully saturated rings. The Labute approximate surface area is 176 Å². The number of halogens is 3. The summed E-state index contributed by atoms with van der Waals surface area (Å²) in [5.41, 5.74) is 2.53. The molecule has 122 valence electrons. The van der Waals surface area contributed by atoms with Crippen LogP contribution in [0.2, 0.25) is 0 Å². The second kappa shape index (κ2) is 8.82. The first-order valence-electron chi connectivity index (χ1n) is 6.80. The van der Waals surface area contributed by atoms with Crippen LogP contribution in [0.25, 0.3) is 6.08 Å². The maximum atomic E-state index is 12.3. The first-order valence-corrected chi connectivity index (χ1v) is 9.75. The number of nitrogens with one attached hydrogen (secondary N) is 2. The van der Waals surface area contributed by atoms with Crippen molar-refractivity contribution in [2.24, 2.45) is 0 Å². The number of carbonyl (C=O) groups excluding carboxylic acids is 1. The molecular weight excluding hydrogens is 596 g/mol. The van der Waals surface area contributed by atoms with E-state index in [4.69, 9.17) is 0 Å². The Balaban J connectivity index is 2.29. The van der Waals surface area contributed by atoms with E-state index in [0.29, 0.717) is 5.69 Å². The topological polar surface area (TPSA) is 64.9 Å². The largest absolute Gasteiger partial charge is 0.386 e. The van der Waals surface area contributed by atoms with Crippen LogP contribution in [0, 0.1) is 18.5 Å². The molecular formula is C17H12BrI2N3O. The summed E-state index contributed by atoms with van der Waals surface area (Å²) in [6.07, 6.45) is 1.59. The third-order valence-electron chi connectivity index (χ3n) is 3.07. The quantitative estimate of drug-likeness (QED) is 0.284. The predicted octanol–water partition coefficient (Wildman–Crippen LogP) is 5.25. The number of carbonyl (C=O) groups is 1. The number of nitriles is 1. The highest BCUT2D eigenvalue weighted by molar-refractivity contribution is 14.1. The Morgan fingerprint density at radius 2 is 1.92 bits per heavy atom. The molecule has 1 amide bonds. The van der Waals surface area contributed by atoms with Crippen molar-refractivity contribution >= 4 is 84.5 Å². The Kier molecular flexibility index (Phi) is 7.06. The molecule has 0 saturated carbocycles. The summed E-state index contributed by atoms with van der Waals surface area (Å²) in [6.45, 7) is 0. The Morgan fingerprint density at radius 1 is 1.25 bits per heavy atom. The number of amides is 1. The van der Waals surface area contributed by atoms with Gasteiger partial charge in [0.25, 0.3) is 5.91 Å². The molecule has 0 radical (unpaired) electrons. The van der Waals surface area contributed by atoms with E-state index < -0.39 is 5.91 Å². The summed E-state index contributed by atoms with van der Waals surface area (Å²) in [5.74, 6) is -0.432. The minimum absolute atomic E-state index is 0.0544. The lowest BCUT2D eigenvalue weighted by Crippen LogP contribution is -2.13. The fourth-order valence-electron chi connectivity index (χ4n) is 1.99. The van der Waals surface area contributed by atoms with Gasteiger partial charge in [0.2, 0.25) is 0 Å². The molecule has 0 atom stereocenters. The van der Waals surface area contributed by atoms with Gasteiger partial charge in [-0.2, -0.15) is 5.26 Å². The van der Waals surface area contributed by atoms with Crippen molar-refractivity contribution in [3.63, 3.8) is 0 Å². The molecule has 2 N–H and O–H groups in total. The zero-order valence-corrected chi connectivity index (χ0v) is 18.4. The lowest BCUT2D eigenvalue weighted by molar-refractivity contribution is -0.112. The molecule has 0 unspecified atom stereocenters. The van der Waals surface area contributed by atoms with E-state index in [2.05, 4.69) is 71.7 Å². The van der Waals surface area contributed by atoms with Gasteiger partial charge in [-0.15, -0.1) is 0 Å². The van der Waals surface area contributed by atoms with Crippen molar-refractivity contribution in [2.75, 3.05) is 17.7 Å². The van der Waals surface area contributed by atoms with Gasteiger partial charge in [-0.3, -0.25) is 4.79 Å². The Bertz CT molecular complexity index is 836. The maximum Gasteiger partial charge on any atom is 0.266 e. The minimum Gasteiger partial charge on any atom is -0.386 e. The van der Waals surface area contributed by atoms with Gasteiger partial charge >= 0.3 is 0 Å². The van der Waals surface area contributed by atoms with Crippen molar-refractivity contribution < 1.29 is 4.79 Å². The van der Waals surface area contributed by atoms with Crippen LogP contribution in [0.1, 0.15) is 5.56 Å². The van der Waals surface area contributed by atoms with Crippen molar-refractivity contribution in [3.8, 4) is 6.07 Å². The van der Waals surface area contributed by atoms with Gasteiger partial charge in [0, 0.05) is 24.3 Å². The second-order valence-electron chi connectivity index (χ2n) is 4.74. The van der Waals surface area contributed by atoms with E-state index in [1.54, 1.807) is 18.2 Å². The normalized spacial score (nSPS) is 10.9. The number of hydrogen-bond donors (Lipinski definition) is 2. The Hall–Kier alpha value is -1.12. The van der Waals surface area contributed by atoms with E-state index in [9.17, 15) is 10.1 Å². The lowest BCUT2D eigenvalue weighted by Gasteiger charge is -2.09. The molecule has 24 heavy (non-hydrogen) atoms. The van der Waals surface area contributed by atoms with Crippen LogP contribution < -0.4 is 10.6 Å². The molecule has 2 aromatic carbocycles. The summed E-state index contributed by atoms with van der Waals surface area (Å²) >= 11 is 7.80. The van der Waals surface area contributed by atoms with Crippen molar-refractivity contribution in [2.45, 2.75) is 0 Å². The van der Waals surface area contributed by atoms with Crippen LogP contribution in [-0.2, 0) is 4.79 Å². The van der Waals surface area contributed by atoms with E-state index in [1.807, 2.05) is 37.4 Å². The third-order valence-corrected chi connectivity index (χ3v) is 5.27. The van der Waals surface area contributed by atoms with Gasteiger partial charge in [-0.1, -0.05) is 22.0 Å². The zero-order valence-electron chi connectivity index (χ0n) is 12.5. The summed E-state index contributed by atoms with van der Waals surface area (Å²) in [7, 11) is 1.86. The molecule has 0 aliphatic rings. The molecule has 0 saturated heterocycles. The van der Waals surface area contributed by atoms with E-state index in [1.165, 1.54) is 0 Å². The highest BCUT2D eigenvalue weighted by Gasteiger charge is 2.11. The Morgan fingerprint density at radius 3 is 2.46 bits per heavy atom. The summed E-state index contributed by atoms with van der Waals surface area (Å²) < 4.78 is 2.91. The monoisotopic (exact) mass is 607 g/mol. The fraction of sp³-hybridized carbons (Fsp3) is 0.0588. The van der Waals surface area contributed by atoms with Crippen LogP contribution in [0.5, 0.6) is 0 Å². The molecule has 2 rings (SSSR count). The van der Waals surface area contributed by atoms with Crippen molar-refractivity contribution in [3.05, 3.63) is 59.1 Å². The fourth-order valence-corrected chi connectivity index (χ4v) is 4.75. The van der Waals surface area contributed by atoms with Gasteiger partial charge < -0.3 is 10.6 Å². The van der Waals surface area contributed by atoms with Gasteiger partial charge in [0.05, 0.1) is 5.69 Å². The zero-order chi connectivity index (χ0) is 17.7. The number of hydrogen-bond acceptors (Lipinski definition) is 3. The van der Waals surface area contributed by atoms with E-state index in [-0.39, 0.29) is 5.57 Å². The molecule has 7 heteroatoms. The SMILES string of the molecule is CNc1c(I)cc(/C=C(/C#N)C(=O)Nc2cccc(Br)c2)cc1I. The molecule has 4 nitrogen and oxygen atoms in total. The second-order valence-corrected chi connectivity index (χ2v) is 7.98. The van der Waals surface area contributed by atoms with Crippen LogP contribution in [-0.4, -0.2) is 13.0 Å². The number of rotatable bonds is 4. The first-order chi connectivity index (χ1) is 11.4. The molecule has 0 bridgehead atoms. The predicted molar refractivity (Wildman–Crippen MR) is 118 cm³/mol. The van der Waals surface area contributed by atoms with Gasteiger partial charge in [0.1, 0.15) is 11.6 Å². The first kappa shape index (κ1) is 19.2. The molecule has 0 aliphatic carbocycles. The van der Waals surface area contributed by atoms with Crippen LogP contribution in [0.15, 0.2) is 46.4 Å². The lowest BCUT2D eigenvalue weighted by atomic mass is 10.1. The molecule has 0 spiro atoms. The standard InChI is InChI=1S/C17H12BrI2N3O/c1-22-16-14(19)6-10(7-15(16)20)5-11(9-21)17(24)23-13-4-2-3-12(18)8-13/h2-8,22H,1H3,(H,23,24)/b11-5-. The molecule has 0 aromatic heterocycles. The summed E-state index contributed by atoms with van der Waals surface area (Å²) in [5, 5.41) is 15.2. The number of benzene rings is 2. The van der Waals surface area contributed by atoms with Gasteiger partial charge in [0.15, 0.2) is 0 Å². The molecule has 0 heterocycles. The van der Waals surface area contributed by atoms with Gasteiger partial charge in [-0.05, 0) is 87.2 Å². The van der Waals surface area contributed by atoms with Crippen molar-refractivity contribution in [1.29, 1.82) is 5.26 Å². The van der Waals surface area contributed by atoms with Crippen LogP contribution in [0.3, 0.4) is 0 Å². The average Bonchev–Trinajstić information content (AvgIpc) is 2.52. The van der Waals surface area contributed by atoms with E-state index in [0.717, 1.165) is 22.9 Å². The van der Waals surface area contributed by atoms with Crippen LogP contribution >= 0.6 is 61.1 Å². The van der Waals surface area contributed by atoms with Crippen LogP contribution in [0.4, 0.5) is 11.4 Å². The number of anilines is 2. The van der Waals surface area contributed by atoms with Gasteiger partial charge in [-0.25, -0.2) is 0 Å². The highest BCUT2D eigenvalue weighted by Crippen LogP contribution is 2.27. The smallest absolute Gasteiger partial charge is 0.266 e. The van der Waals surface area contributed by atoms with E-state index >= 15 is 0 Å². The maximum absolute atomic E-state index is 12.3. The highest BCUT2D eigenvalue weighted by atomic mass is 127. The molecule has 2 aromatic rings. The third kappa shape index (κ3) is 4.94. The van der Waals surface area contributed by atoms with Crippen molar-refractivity contribution in [1.82, 2.24) is 0 Å². The summed E-state index contributed by atoms with van der Waals surface area (Å²) in [6, 6.07) is 13.1. The molecule has 0 aliphatic heterocycles. The average molecular weight is 608 g/mol. The number of nitrogens with zero attached hydrogens (tertiary/aromatic N) is 1. The minimum atomic E-state index is -0.432. The summed E-state index contributed by atoms with van der Waals surface area (Å²) in [4.78, 5) is 12.3.